The van der Waals surface area contributed by atoms with Crippen LogP contribution in [0.3, 0.4) is 0 Å². The smallest absolute Gasteiger partial charge is 0.494 e. The maximum absolute atomic E-state index is 6.07. The van der Waals surface area contributed by atoms with Crippen molar-refractivity contribution in [3.63, 3.8) is 0 Å². The van der Waals surface area contributed by atoms with Gasteiger partial charge in [0.2, 0.25) is 0 Å². The molecule has 1 saturated heterocycles. The van der Waals surface area contributed by atoms with Gasteiger partial charge in [0.15, 0.2) is 0 Å². The van der Waals surface area contributed by atoms with E-state index in [-0.39, 0.29) is 18.3 Å². The number of rotatable bonds is 8. The molecular formula is C22H29BO4. The third-order valence-electron chi connectivity index (χ3n) is 5.22. The van der Waals surface area contributed by atoms with E-state index in [1.807, 2.05) is 42.5 Å². The molecule has 27 heavy (non-hydrogen) atoms. The summed E-state index contributed by atoms with van der Waals surface area (Å²) < 4.78 is 23.6. The lowest BCUT2D eigenvalue weighted by Crippen LogP contribution is -2.41. The molecule has 1 aliphatic rings. The summed E-state index contributed by atoms with van der Waals surface area (Å²) in [6, 6.07) is 18.1. The predicted molar refractivity (Wildman–Crippen MR) is 108 cm³/mol. The molecule has 4 nitrogen and oxygen atoms in total. The molecule has 0 saturated carbocycles. The lowest BCUT2D eigenvalue weighted by atomic mass is 9.79. The molecule has 0 N–H and O–H groups in total. The monoisotopic (exact) mass is 368 g/mol. The second kappa shape index (κ2) is 8.47. The van der Waals surface area contributed by atoms with Crippen molar-refractivity contribution in [3.8, 4) is 5.75 Å². The van der Waals surface area contributed by atoms with Gasteiger partial charge in [0.25, 0.3) is 0 Å². The van der Waals surface area contributed by atoms with E-state index in [4.69, 9.17) is 18.8 Å². The fraction of sp³-hybridized carbons (Fsp3) is 0.455. The third kappa shape index (κ3) is 5.13. The van der Waals surface area contributed by atoms with E-state index in [2.05, 4.69) is 39.8 Å². The summed E-state index contributed by atoms with van der Waals surface area (Å²) in [7, 11) is -0.338. The van der Waals surface area contributed by atoms with Crippen LogP contribution in [0.15, 0.2) is 54.6 Å². The quantitative estimate of drug-likeness (QED) is 0.522. The highest BCUT2D eigenvalue weighted by Crippen LogP contribution is 2.36. The zero-order chi connectivity index (χ0) is 19.3. The summed E-state index contributed by atoms with van der Waals surface area (Å²) in [5, 5.41) is 0. The van der Waals surface area contributed by atoms with Crippen molar-refractivity contribution in [1.29, 1.82) is 0 Å². The van der Waals surface area contributed by atoms with Gasteiger partial charge >= 0.3 is 7.12 Å². The maximum Gasteiger partial charge on any atom is 0.494 e. The molecule has 144 valence electrons. The summed E-state index contributed by atoms with van der Waals surface area (Å²) >= 11 is 0. The SMILES string of the molecule is CC1(C)OB(c2ccc(OCCCOCc3ccccc3)cc2)OC1(C)C. The van der Waals surface area contributed by atoms with Gasteiger partial charge in [0.1, 0.15) is 5.75 Å². The van der Waals surface area contributed by atoms with E-state index in [0.29, 0.717) is 19.8 Å². The van der Waals surface area contributed by atoms with Crippen LogP contribution in [-0.2, 0) is 20.7 Å². The van der Waals surface area contributed by atoms with E-state index in [0.717, 1.165) is 17.6 Å². The molecule has 0 aromatic heterocycles. The molecule has 0 amide bonds. The van der Waals surface area contributed by atoms with Gasteiger partial charge in [-0.25, -0.2) is 0 Å². The van der Waals surface area contributed by atoms with Gasteiger partial charge in [0.05, 0.1) is 31.0 Å². The van der Waals surface area contributed by atoms with Crippen molar-refractivity contribution in [3.05, 3.63) is 60.2 Å². The molecule has 2 aromatic rings. The topological polar surface area (TPSA) is 36.9 Å². The van der Waals surface area contributed by atoms with Crippen LogP contribution in [0.25, 0.3) is 0 Å². The molecule has 1 fully saturated rings. The van der Waals surface area contributed by atoms with E-state index in [1.54, 1.807) is 0 Å². The van der Waals surface area contributed by atoms with Gasteiger partial charge in [-0.15, -0.1) is 0 Å². The maximum atomic E-state index is 6.07. The molecule has 3 rings (SSSR count). The second-order valence-electron chi connectivity index (χ2n) is 7.90. The molecule has 0 spiro atoms. The van der Waals surface area contributed by atoms with Crippen molar-refractivity contribution in [2.24, 2.45) is 0 Å². The fourth-order valence-electron chi connectivity index (χ4n) is 2.82. The molecule has 0 atom stereocenters. The van der Waals surface area contributed by atoms with Crippen molar-refractivity contribution in [2.45, 2.75) is 51.9 Å². The Morgan fingerprint density at radius 2 is 1.44 bits per heavy atom. The third-order valence-corrected chi connectivity index (χ3v) is 5.22. The number of ether oxygens (including phenoxy) is 2. The van der Waals surface area contributed by atoms with Crippen LogP contribution in [0.2, 0.25) is 0 Å². The number of hydrogen-bond acceptors (Lipinski definition) is 4. The highest BCUT2D eigenvalue weighted by atomic mass is 16.7. The van der Waals surface area contributed by atoms with E-state index < -0.39 is 0 Å². The molecule has 1 heterocycles. The minimum Gasteiger partial charge on any atom is -0.494 e. The van der Waals surface area contributed by atoms with Gasteiger partial charge in [0, 0.05) is 6.42 Å². The molecule has 0 aliphatic carbocycles. The first-order valence-electron chi connectivity index (χ1n) is 9.57. The Balaban J connectivity index is 1.38. The molecule has 0 unspecified atom stereocenters. The van der Waals surface area contributed by atoms with Gasteiger partial charge in [-0.2, -0.15) is 0 Å². The van der Waals surface area contributed by atoms with Crippen molar-refractivity contribution < 1.29 is 18.8 Å². The van der Waals surface area contributed by atoms with Crippen LogP contribution < -0.4 is 10.2 Å². The second-order valence-corrected chi connectivity index (χ2v) is 7.90. The Labute approximate surface area is 162 Å². The summed E-state index contributed by atoms with van der Waals surface area (Å²) in [6.07, 6.45) is 0.853. The largest absolute Gasteiger partial charge is 0.494 e. The highest BCUT2D eigenvalue weighted by Gasteiger charge is 2.51. The first-order chi connectivity index (χ1) is 12.9. The highest BCUT2D eigenvalue weighted by molar-refractivity contribution is 6.62. The Hall–Kier alpha value is -1.82. The van der Waals surface area contributed by atoms with Crippen LogP contribution in [0.5, 0.6) is 5.75 Å². The first kappa shape index (κ1) is 19.9. The van der Waals surface area contributed by atoms with Crippen LogP contribution in [0.4, 0.5) is 0 Å². The van der Waals surface area contributed by atoms with Gasteiger partial charge in [-0.05, 0) is 50.9 Å². The molecule has 0 bridgehead atoms. The van der Waals surface area contributed by atoms with E-state index >= 15 is 0 Å². The lowest BCUT2D eigenvalue weighted by Gasteiger charge is -2.32. The molecule has 2 aromatic carbocycles. The summed E-state index contributed by atoms with van der Waals surface area (Å²) in [6.45, 7) is 10.2. The Morgan fingerprint density at radius 1 is 0.815 bits per heavy atom. The Kier molecular flexibility index (Phi) is 6.25. The molecule has 5 heteroatoms. The van der Waals surface area contributed by atoms with Gasteiger partial charge in [-0.3, -0.25) is 0 Å². The van der Waals surface area contributed by atoms with Crippen LogP contribution in [0.1, 0.15) is 39.7 Å². The van der Waals surface area contributed by atoms with E-state index in [1.165, 1.54) is 5.56 Å². The van der Waals surface area contributed by atoms with Crippen LogP contribution >= 0.6 is 0 Å². The van der Waals surface area contributed by atoms with Crippen LogP contribution in [0, 0.1) is 0 Å². The number of hydrogen-bond donors (Lipinski definition) is 0. The Bertz CT molecular complexity index is 697. The average Bonchev–Trinajstić information content (AvgIpc) is 2.87. The predicted octanol–water partition coefficient (Wildman–Crippen LogP) is 3.97. The molecule has 0 radical (unpaired) electrons. The number of benzene rings is 2. The zero-order valence-electron chi connectivity index (χ0n) is 16.7. The van der Waals surface area contributed by atoms with Gasteiger partial charge < -0.3 is 18.8 Å². The van der Waals surface area contributed by atoms with Crippen molar-refractivity contribution in [1.82, 2.24) is 0 Å². The lowest BCUT2D eigenvalue weighted by molar-refractivity contribution is 0.00578. The zero-order valence-corrected chi connectivity index (χ0v) is 16.7. The van der Waals surface area contributed by atoms with Crippen molar-refractivity contribution >= 4 is 12.6 Å². The molecular weight excluding hydrogens is 339 g/mol. The standard InChI is InChI=1S/C22H29BO4/c1-21(2)22(3,4)27-23(26-21)19-11-13-20(14-12-19)25-16-8-15-24-17-18-9-6-5-7-10-18/h5-7,9-14H,8,15-17H2,1-4H3. The summed E-state index contributed by atoms with van der Waals surface area (Å²) in [5.41, 5.74) is 1.54. The summed E-state index contributed by atoms with van der Waals surface area (Å²) in [5.74, 6) is 0.846. The Morgan fingerprint density at radius 3 is 2.07 bits per heavy atom. The average molecular weight is 368 g/mol. The normalized spacial score (nSPS) is 17.9. The fourth-order valence-corrected chi connectivity index (χ4v) is 2.82. The van der Waals surface area contributed by atoms with Gasteiger partial charge in [-0.1, -0.05) is 42.5 Å². The summed E-state index contributed by atoms with van der Waals surface area (Å²) in [4.78, 5) is 0. The minimum absolute atomic E-state index is 0.327. The minimum atomic E-state index is -0.338. The molecule has 1 aliphatic heterocycles. The van der Waals surface area contributed by atoms with Crippen molar-refractivity contribution in [2.75, 3.05) is 13.2 Å². The van der Waals surface area contributed by atoms with E-state index in [9.17, 15) is 0 Å². The van der Waals surface area contributed by atoms with Crippen LogP contribution in [-0.4, -0.2) is 31.5 Å². The first-order valence-corrected chi connectivity index (χ1v) is 9.57.